The fourth-order valence-corrected chi connectivity index (χ4v) is 3.00. The Morgan fingerprint density at radius 2 is 2.16 bits per heavy atom. The summed E-state index contributed by atoms with van der Waals surface area (Å²) in [4.78, 5) is 12.3. The molecule has 0 aromatic heterocycles. The van der Waals surface area contributed by atoms with Gasteiger partial charge >= 0.3 is 0 Å². The summed E-state index contributed by atoms with van der Waals surface area (Å²) in [5.41, 5.74) is 2.49. The van der Waals surface area contributed by atoms with Crippen LogP contribution in [0.15, 0.2) is 24.3 Å². The minimum absolute atomic E-state index is 0.0862. The molecule has 0 bridgehead atoms. The van der Waals surface area contributed by atoms with E-state index in [-0.39, 0.29) is 24.1 Å². The standard InChI is InChI=1S/C16H20O3/c1-11-6-7-15(19-11)14(17)10-16-13-5-3-2-4-12(13)8-9-18-16/h2-5,11,15-16H,6-10H2,1H3. The summed E-state index contributed by atoms with van der Waals surface area (Å²) in [7, 11) is 0. The van der Waals surface area contributed by atoms with Crippen molar-refractivity contribution in [3.05, 3.63) is 35.4 Å². The van der Waals surface area contributed by atoms with E-state index < -0.39 is 0 Å². The van der Waals surface area contributed by atoms with Crippen LogP contribution in [-0.2, 0) is 20.7 Å². The van der Waals surface area contributed by atoms with Gasteiger partial charge in [-0.2, -0.15) is 0 Å². The molecule has 3 nitrogen and oxygen atoms in total. The largest absolute Gasteiger partial charge is 0.373 e. The second-order valence-corrected chi connectivity index (χ2v) is 5.49. The quantitative estimate of drug-likeness (QED) is 0.838. The molecule has 1 saturated heterocycles. The second kappa shape index (κ2) is 5.43. The van der Waals surface area contributed by atoms with Gasteiger partial charge in [-0.1, -0.05) is 24.3 Å². The third-order valence-electron chi connectivity index (χ3n) is 4.07. The molecule has 102 valence electrons. The van der Waals surface area contributed by atoms with Gasteiger partial charge in [-0.15, -0.1) is 0 Å². The summed E-state index contributed by atoms with van der Waals surface area (Å²) < 4.78 is 11.4. The van der Waals surface area contributed by atoms with Crippen molar-refractivity contribution in [1.82, 2.24) is 0 Å². The van der Waals surface area contributed by atoms with Gasteiger partial charge in [-0.3, -0.25) is 4.79 Å². The van der Waals surface area contributed by atoms with Crippen LogP contribution in [0.1, 0.15) is 43.4 Å². The lowest BCUT2D eigenvalue weighted by molar-refractivity contribution is -0.132. The minimum Gasteiger partial charge on any atom is -0.373 e. The van der Waals surface area contributed by atoms with Crippen molar-refractivity contribution in [3.8, 4) is 0 Å². The number of rotatable bonds is 3. The van der Waals surface area contributed by atoms with E-state index in [2.05, 4.69) is 12.1 Å². The maximum Gasteiger partial charge on any atom is 0.164 e. The lowest BCUT2D eigenvalue weighted by atomic mass is 9.93. The Balaban J connectivity index is 1.69. The molecule has 2 aliphatic rings. The van der Waals surface area contributed by atoms with Crippen molar-refractivity contribution >= 4 is 5.78 Å². The molecule has 19 heavy (non-hydrogen) atoms. The topological polar surface area (TPSA) is 35.5 Å². The van der Waals surface area contributed by atoms with Crippen molar-refractivity contribution in [2.45, 2.75) is 50.9 Å². The van der Waals surface area contributed by atoms with Crippen LogP contribution in [0, 0.1) is 0 Å². The lowest BCUT2D eigenvalue weighted by Crippen LogP contribution is -2.26. The number of fused-ring (bicyclic) bond motifs is 1. The third-order valence-corrected chi connectivity index (χ3v) is 4.07. The van der Waals surface area contributed by atoms with Crippen LogP contribution in [0.3, 0.4) is 0 Å². The van der Waals surface area contributed by atoms with Crippen molar-refractivity contribution in [2.75, 3.05) is 6.61 Å². The number of ether oxygens (including phenoxy) is 2. The molecule has 1 aromatic carbocycles. The Morgan fingerprint density at radius 3 is 2.95 bits per heavy atom. The monoisotopic (exact) mass is 260 g/mol. The van der Waals surface area contributed by atoms with Crippen molar-refractivity contribution in [2.24, 2.45) is 0 Å². The minimum atomic E-state index is -0.215. The van der Waals surface area contributed by atoms with Crippen molar-refractivity contribution in [1.29, 1.82) is 0 Å². The Hall–Kier alpha value is -1.19. The predicted octanol–water partition coefficient (Wildman–Crippen LogP) is 2.83. The fourth-order valence-electron chi connectivity index (χ4n) is 3.00. The predicted molar refractivity (Wildman–Crippen MR) is 72.0 cm³/mol. The third kappa shape index (κ3) is 2.72. The van der Waals surface area contributed by atoms with E-state index in [4.69, 9.17) is 9.47 Å². The molecular formula is C16H20O3. The first-order valence-corrected chi connectivity index (χ1v) is 7.11. The van der Waals surface area contributed by atoms with Gasteiger partial charge in [-0.25, -0.2) is 0 Å². The highest BCUT2D eigenvalue weighted by Crippen LogP contribution is 2.31. The van der Waals surface area contributed by atoms with Gasteiger partial charge in [-0.05, 0) is 37.3 Å². The van der Waals surface area contributed by atoms with Crippen molar-refractivity contribution < 1.29 is 14.3 Å². The molecule has 0 spiro atoms. The molecule has 2 aliphatic heterocycles. The van der Waals surface area contributed by atoms with E-state index in [1.807, 2.05) is 19.1 Å². The molecule has 3 unspecified atom stereocenters. The van der Waals surface area contributed by atoms with Gasteiger partial charge in [0.15, 0.2) is 5.78 Å². The Morgan fingerprint density at radius 1 is 1.32 bits per heavy atom. The molecule has 3 atom stereocenters. The van der Waals surface area contributed by atoms with E-state index in [1.54, 1.807) is 0 Å². The molecule has 2 heterocycles. The summed E-state index contributed by atoms with van der Waals surface area (Å²) in [6, 6.07) is 8.26. The highest BCUT2D eigenvalue weighted by atomic mass is 16.5. The number of hydrogen-bond donors (Lipinski definition) is 0. The average Bonchev–Trinajstić information content (AvgIpc) is 2.86. The maximum atomic E-state index is 12.3. The molecule has 0 N–H and O–H groups in total. The normalized spacial score (nSPS) is 30.1. The van der Waals surface area contributed by atoms with E-state index in [0.717, 1.165) is 19.3 Å². The van der Waals surface area contributed by atoms with Gasteiger partial charge in [0.1, 0.15) is 6.10 Å². The van der Waals surface area contributed by atoms with Crippen LogP contribution in [0.4, 0.5) is 0 Å². The van der Waals surface area contributed by atoms with Crippen LogP contribution in [-0.4, -0.2) is 24.6 Å². The lowest BCUT2D eigenvalue weighted by Gasteiger charge is -2.26. The van der Waals surface area contributed by atoms with Crippen LogP contribution >= 0.6 is 0 Å². The zero-order valence-corrected chi connectivity index (χ0v) is 11.3. The van der Waals surface area contributed by atoms with Crippen LogP contribution in [0.2, 0.25) is 0 Å². The number of carbonyl (C=O) groups is 1. The summed E-state index contributed by atoms with van der Waals surface area (Å²) in [6.07, 6.45) is 3.14. The summed E-state index contributed by atoms with van der Waals surface area (Å²) >= 11 is 0. The van der Waals surface area contributed by atoms with E-state index in [9.17, 15) is 4.79 Å². The second-order valence-electron chi connectivity index (χ2n) is 5.49. The zero-order chi connectivity index (χ0) is 13.2. The summed E-state index contributed by atoms with van der Waals surface area (Å²) in [5.74, 6) is 0.186. The summed E-state index contributed by atoms with van der Waals surface area (Å²) in [6.45, 7) is 2.73. The van der Waals surface area contributed by atoms with Crippen LogP contribution < -0.4 is 0 Å². The van der Waals surface area contributed by atoms with Crippen molar-refractivity contribution in [3.63, 3.8) is 0 Å². The Bertz CT molecular complexity index is 469. The van der Waals surface area contributed by atoms with E-state index in [1.165, 1.54) is 11.1 Å². The fraction of sp³-hybridized carbons (Fsp3) is 0.562. The Kier molecular flexibility index (Phi) is 3.67. The smallest absolute Gasteiger partial charge is 0.164 e. The summed E-state index contributed by atoms with van der Waals surface area (Å²) in [5, 5.41) is 0. The number of benzene rings is 1. The molecule has 1 fully saturated rings. The number of Topliss-reactive ketones (excluding diaryl/α,β-unsaturated/α-hetero) is 1. The number of hydrogen-bond acceptors (Lipinski definition) is 3. The first-order valence-electron chi connectivity index (χ1n) is 7.11. The zero-order valence-electron chi connectivity index (χ0n) is 11.3. The van der Waals surface area contributed by atoms with Gasteiger partial charge in [0.05, 0.1) is 18.8 Å². The maximum absolute atomic E-state index is 12.3. The van der Waals surface area contributed by atoms with Gasteiger partial charge in [0.2, 0.25) is 0 Å². The first-order chi connectivity index (χ1) is 9.24. The molecule has 0 aliphatic carbocycles. The highest BCUT2D eigenvalue weighted by molar-refractivity contribution is 5.84. The molecule has 3 heteroatoms. The number of carbonyl (C=O) groups excluding carboxylic acids is 1. The van der Waals surface area contributed by atoms with Gasteiger partial charge in [0.25, 0.3) is 0 Å². The molecule has 0 amide bonds. The van der Waals surface area contributed by atoms with E-state index >= 15 is 0 Å². The van der Waals surface area contributed by atoms with Gasteiger partial charge in [0, 0.05) is 6.42 Å². The highest BCUT2D eigenvalue weighted by Gasteiger charge is 2.31. The van der Waals surface area contributed by atoms with Gasteiger partial charge < -0.3 is 9.47 Å². The molecule has 3 rings (SSSR count). The van der Waals surface area contributed by atoms with Crippen LogP contribution in [0.5, 0.6) is 0 Å². The molecule has 0 radical (unpaired) electrons. The van der Waals surface area contributed by atoms with E-state index in [0.29, 0.717) is 13.0 Å². The average molecular weight is 260 g/mol. The molecule has 1 aromatic rings. The molecular weight excluding hydrogens is 240 g/mol. The Labute approximate surface area is 113 Å². The number of ketones is 1. The first kappa shape index (κ1) is 12.8. The van der Waals surface area contributed by atoms with Crippen LogP contribution in [0.25, 0.3) is 0 Å². The molecule has 0 saturated carbocycles. The SMILES string of the molecule is CC1CCC(C(=O)CC2OCCc3ccccc32)O1.